The molecule has 1 aromatic heterocycles. The summed E-state index contributed by atoms with van der Waals surface area (Å²) in [5, 5.41) is 0. The Hall–Kier alpha value is -1.32. The first-order chi connectivity index (χ1) is 8.79. The van der Waals surface area contributed by atoms with Gasteiger partial charge in [0.25, 0.3) is 0 Å². The molecule has 0 fully saturated rings. The second-order valence-corrected chi connectivity index (χ2v) is 5.51. The zero-order chi connectivity index (χ0) is 12.8. The van der Waals surface area contributed by atoms with Crippen molar-refractivity contribution < 1.29 is 0 Å². The normalized spacial score (nSPS) is 12.3. The topological polar surface area (TPSA) is 38.9 Å². The quantitative estimate of drug-likeness (QED) is 0.835. The molecule has 1 heterocycles. The molecular weight excluding hydrogens is 240 g/mol. The zero-order valence-corrected chi connectivity index (χ0v) is 11.4. The molecule has 2 nitrogen and oxygen atoms in total. The molecule has 1 aromatic carbocycles. The monoisotopic (exact) mass is 258 g/mol. The fourth-order valence-electron chi connectivity index (χ4n) is 1.87. The Bertz CT molecular complexity index is 468. The molecule has 0 saturated heterocycles. The number of hydrogen-bond acceptors (Lipinski definition) is 3. The van der Waals surface area contributed by atoms with Crippen molar-refractivity contribution in [1.82, 2.24) is 4.98 Å². The van der Waals surface area contributed by atoms with E-state index in [1.54, 1.807) is 0 Å². The van der Waals surface area contributed by atoms with Crippen LogP contribution in [0.15, 0.2) is 53.7 Å². The third kappa shape index (κ3) is 3.59. The Morgan fingerprint density at radius 1 is 1.11 bits per heavy atom. The van der Waals surface area contributed by atoms with E-state index in [9.17, 15) is 0 Å². The van der Waals surface area contributed by atoms with Crippen molar-refractivity contribution in [3.05, 3.63) is 59.9 Å². The first-order valence-electron chi connectivity index (χ1n) is 6.17. The van der Waals surface area contributed by atoms with Gasteiger partial charge >= 0.3 is 0 Å². The lowest BCUT2D eigenvalue weighted by atomic mass is 10.0. The molecule has 0 radical (unpaired) electrons. The van der Waals surface area contributed by atoms with Crippen LogP contribution in [0.4, 0.5) is 0 Å². The summed E-state index contributed by atoms with van der Waals surface area (Å²) < 4.78 is 0. The molecule has 0 bridgehead atoms. The molecule has 1 unspecified atom stereocenters. The van der Waals surface area contributed by atoms with Crippen LogP contribution in [0.3, 0.4) is 0 Å². The first kappa shape index (κ1) is 13.1. The van der Waals surface area contributed by atoms with Gasteiger partial charge in [-0.2, -0.15) is 0 Å². The Morgan fingerprint density at radius 3 is 2.39 bits per heavy atom. The van der Waals surface area contributed by atoms with Gasteiger partial charge in [-0.25, -0.2) is 0 Å². The Kier molecular flexibility index (Phi) is 4.79. The van der Waals surface area contributed by atoms with Crippen molar-refractivity contribution in [3.63, 3.8) is 0 Å². The van der Waals surface area contributed by atoms with Crippen LogP contribution < -0.4 is 5.73 Å². The third-order valence-corrected chi connectivity index (χ3v) is 3.72. The molecule has 1 atom stereocenters. The van der Waals surface area contributed by atoms with Gasteiger partial charge in [0.2, 0.25) is 0 Å². The molecule has 0 spiro atoms. The van der Waals surface area contributed by atoms with Crippen LogP contribution >= 0.6 is 11.8 Å². The van der Waals surface area contributed by atoms with Gasteiger partial charge in [0.05, 0.1) is 0 Å². The van der Waals surface area contributed by atoms with Crippen LogP contribution in [0.25, 0.3) is 0 Å². The van der Waals surface area contributed by atoms with E-state index in [2.05, 4.69) is 36.2 Å². The second-order valence-electron chi connectivity index (χ2n) is 4.17. The minimum Gasteiger partial charge on any atom is -0.324 e. The molecule has 18 heavy (non-hydrogen) atoms. The molecule has 0 amide bonds. The fraction of sp³-hybridized carbons (Fsp3) is 0.267. The predicted octanol–water partition coefficient (Wildman–Crippen LogP) is 3.44. The number of rotatable bonds is 5. The van der Waals surface area contributed by atoms with Crippen LogP contribution in [0.2, 0.25) is 0 Å². The van der Waals surface area contributed by atoms with E-state index >= 15 is 0 Å². The predicted molar refractivity (Wildman–Crippen MR) is 77.7 cm³/mol. The van der Waals surface area contributed by atoms with Crippen LogP contribution in [0, 0.1) is 0 Å². The van der Waals surface area contributed by atoms with Crippen LogP contribution in [-0.2, 0) is 6.42 Å². The summed E-state index contributed by atoms with van der Waals surface area (Å²) >= 11 is 1.85. The van der Waals surface area contributed by atoms with Gasteiger partial charge in [-0.15, -0.1) is 11.8 Å². The summed E-state index contributed by atoms with van der Waals surface area (Å²) in [6.45, 7) is 2.16. The van der Waals surface area contributed by atoms with Crippen molar-refractivity contribution in [2.45, 2.75) is 24.3 Å². The van der Waals surface area contributed by atoms with Gasteiger partial charge in [0.15, 0.2) is 0 Å². The molecule has 2 rings (SSSR count). The Labute approximate surface area is 113 Å². The van der Waals surface area contributed by atoms with Gasteiger partial charge in [-0.1, -0.05) is 19.1 Å². The molecule has 0 saturated carbocycles. The van der Waals surface area contributed by atoms with Crippen molar-refractivity contribution >= 4 is 11.8 Å². The summed E-state index contributed by atoms with van der Waals surface area (Å²) in [5.41, 5.74) is 8.64. The highest BCUT2D eigenvalue weighted by molar-refractivity contribution is 7.99. The minimum atomic E-state index is 0.0491. The van der Waals surface area contributed by atoms with Crippen LogP contribution in [0.5, 0.6) is 0 Å². The lowest BCUT2D eigenvalue weighted by molar-refractivity contribution is 0.720. The average Bonchev–Trinajstić information content (AvgIpc) is 2.41. The van der Waals surface area contributed by atoms with E-state index in [4.69, 9.17) is 5.73 Å². The summed E-state index contributed by atoms with van der Waals surface area (Å²) in [5.74, 6) is 1.10. The zero-order valence-electron chi connectivity index (χ0n) is 10.5. The minimum absolute atomic E-state index is 0.0491. The van der Waals surface area contributed by atoms with E-state index < -0.39 is 0 Å². The summed E-state index contributed by atoms with van der Waals surface area (Å²) in [7, 11) is 0. The second kappa shape index (κ2) is 6.57. The molecule has 2 aromatic rings. The smallest absolute Gasteiger partial charge is 0.0335 e. The number of thioether (sulfide) groups is 1. The summed E-state index contributed by atoms with van der Waals surface area (Å²) in [6, 6.07) is 12.6. The number of pyridine rings is 1. The highest BCUT2D eigenvalue weighted by atomic mass is 32.2. The molecule has 3 heteroatoms. The largest absolute Gasteiger partial charge is 0.324 e. The van der Waals surface area contributed by atoms with E-state index in [1.807, 2.05) is 36.3 Å². The van der Waals surface area contributed by atoms with Crippen molar-refractivity contribution in [2.24, 2.45) is 5.73 Å². The lowest BCUT2D eigenvalue weighted by Gasteiger charge is -2.12. The maximum absolute atomic E-state index is 6.22. The van der Waals surface area contributed by atoms with Crippen LogP contribution in [0.1, 0.15) is 24.1 Å². The number of benzene rings is 1. The highest BCUT2D eigenvalue weighted by Gasteiger charge is 2.06. The Balaban J connectivity index is 2.02. The lowest BCUT2D eigenvalue weighted by Crippen LogP contribution is -2.13. The van der Waals surface area contributed by atoms with E-state index in [0.29, 0.717) is 0 Å². The van der Waals surface area contributed by atoms with Gasteiger partial charge in [0.1, 0.15) is 0 Å². The molecule has 0 aliphatic heterocycles. The van der Waals surface area contributed by atoms with Crippen molar-refractivity contribution in [3.8, 4) is 0 Å². The number of hydrogen-bond donors (Lipinski definition) is 1. The van der Waals surface area contributed by atoms with Gasteiger partial charge in [-0.05, 0) is 47.6 Å². The van der Waals surface area contributed by atoms with Gasteiger partial charge < -0.3 is 5.73 Å². The van der Waals surface area contributed by atoms with Gasteiger partial charge in [0, 0.05) is 23.3 Å². The van der Waals surface area contributed by atoms with E-state index in [1.165, 1.54) is 16.0 Å². The third-order valence-electron chi connectivity index (χ3n) is 2.82. The maximum atomic E-state index is 6.22. The average molecular weight is 258 g/mol. The van der Waals surface area contributed by atoms with Crippen LogP contribution in [-0.4, -0.2) is 10.7 Å². The SMILES string of the molecule is CCSc1ccc(C(N)Cc2ccncc2)cc1. The number of aromatic nitrogens is 1. The number of nitrogens with zero attached hydrogens (tertiary/aromatic N) is 1. The molecule has 0 aliphatic carbocycles. The summed E-state index contributed by atoms with van der Waals surface area (Å²) in [6.07, 6.45) is 4.47. The van der Waals surface area contributed by atoms with Gasteiger partial charge in [-0.3, -0.25) is 4.98 Å². The first-order valence-corrected chi connectivity index (χ1v) is 7.15. The van der Waals surface area contributed by atoms with E-state index in [0.717, 1.165) is 12.2 Å². The molecular formula is C15H18N2S. The molecule has 2 N–H and O–H groups in total. The molecule has 0 aliphatic rings. The Morgan fingerprint density at radius 2 is 1.78 bits per heavy atom. The maximum Gasteiger partial charge on any atom is 0.0335 e. The standard InChI is InChI=1S/C15H18N2S/c1-2-18-14-5-3-13(4-6-14)15(16)11-12-7-9-17-10-8-12/h3-10,15H,2,11,16H2,1H3. The highest BCUT2D eigenvalue weighted by Crippen LogP contribution is 2.21. The molecule has 94 valence electrons. The van der Waals surface area contributed by atoms with E-state index in [-0.39, 0.29) is 6.04 Å². The van der Waals surface area contributed by atoms with Crippen molar-refractivity contribution in [2.75, 3.05) is 5.75 Å². The number of nitrogens with two attached hydrogens (primary N) is 1. The fourth-order valence-corrected chi connectivity index (χ4v) is 2.53. The summed E-state index contributed by atoms with van der Waals surface area (Å²) in [4.78, 5) is 5.32. The van der Waals surface area contributed by atoms with Crippen molar-refractivity contribution in [1.29, 1.82) is 0 Å².